The first-order valence-corrected chi connectivity index (χ1v) is 8.25. The van der Waals surface area contributed by atoms with Gasteiger partial charge in [0.2, 0.25) is 21.8 Å². The van der Waals surface area contributed by atoms with Crippen LogP contribution in [-0.2, 0) is 14.8 Å². The van der Waals surface area contributed by atoms with Gasteiger partial charge in [0.25, 0.3) is 0 Å². The van der Waals surface area contributed by atoms with Gasteiger partial charge in [-0.25, -0.2) is 17.8 Å². The molecule has 8 nitrogen and oxygen atoms in total. The van der Waals surface area contributed by atoms with Gasteiger partial charge in [0.1, 0.15) is 11.5 Å². The van der Waals surface area contributed by atoms with Crippen LogP contribution in [-0.4, -0.2) is 56.4 Å². The average Bonchev–Trinajstić information content (AvgIpc) is 2.56. The van der Waals surface area contributed by atoms with Crippen LogP contribution < -0.4 is 15.8 Å². The van der Waals surface area contributed by atoms with Crippen LogP contribution in [0.3, 0.4) is 0 Å². The Morgan fingerprint density at radius 3 is 2.87 bits per heavy atom. The van der Waals surface area contributed by atoms with E-state index in [9.17, 15) is 17.6 Å². The SMILES string of the molecule is NC/C(=C\F)COc1ccc(S(=O)(=O)N2CCNC(=O)C2)cn1. The first-order chi connectivity index (χ1) is 11.0. The molecule has 0 atom stereocenters. The number of piperazine rings is 1. The molecule has 1 saturated heterocycles. The van der Waals surface area contributed by atoms with Gasteiger partial charge >= 0.3 is 0 Å². The molecule has 2 heterocycles. The Kier molecular flexibility index (Phi) is 5.64. The number of hydrogen-bond acceptors (Lipinski definition) is 6. The van der Waals surface area contributed by atoms with Gasteiger partial charge in [0.15, 0.2) is 0 Å². The number of pyridine rings is 1. The third-order valence-electron chi connectivity index (χ3n) is 3.17. The number of nitrogens with zero attached hydrogens (tertiary/aromatic N) is 2. The highest BCUT2D eigenvalue weighted by atomic mass is 32.2. The predicted octanol–water partition coefficient (Wildman–Crippen LogP) is -0.607. The quantitative estimate of drug-likeness (QED) is 0.712. The standard InChI is InChI=1S/C13H17FN4O4S/c14-5-10(6-15)9-22-13-2-1-11(7-17-13)23(20,21)18-4-3-16-12(19)8-18/h1-2,5,7H,3-4,6,8-9,15H2,(H,16,19)/b10-5+. The number of carbonyl (C=O) groups is 1. The second-order valence-corrected chi connectivity index (χ2v) is 6.72. The van der Waals surface area contributed by atoms with E-state index in [1.165, 1.54) is 12.1 Å². The Morgan fingerprint density at radius 1 is 1.52 bits per heavy atom. The number of carbonyl (C=O) groups excluding carboxylic acids is 1. The zero-order chi connectivity index (χ0) is 16.9. The van der Waals surface area contributed by atoms with Gasteiger partial charge in [-0.3, -0.25) is 4.79 Å². The third kappa shape index (κ3) is 4.24. The number of hydrogen-bond donors (Lipinski definition) is 2. The van der Waals surface area contributed by atoms with Crippen LogP contribution >= 0.6 is 0 Å². The fourth-order valence-electron chi connectivity index (χ4n) is 1.88. The van der Waals surface area contributed by atoms with Crippen molar-refractivity contribution in [3.8, 4) is 5.88 Å². The summed E-state index contributed by atoms with van der Waals surface area (Å²) in [6.45, 7) is 0.192. The Labute approximate surface area is 133 Å². The van der Waals surface area contributed by atoms with Crippen LogP contribution in [0, 0.1) is 0 Å². The first-order valence-electron chi connectivity index (χ1n) is 6.81. The van der Waals surface area contributed by atoms with Crippen LogP contribution in [0.2, 0.25) is 0 Å². The van der Waals surface area contributed by atoms with Crippen LogP contribution in [0.4, 0.5) is 4.39 Å². The lowest BCUT2D eigenvalue weighted by atomic mass is 10.3. The molecule has 3 N–H and O–H groups in total. The molecule has 1 aliphatic heterocycles. The number of ether oxygens (including phenoxy) is 1. The summed E-state index contributed by atoms with van der Waals surface area (Å²) >= 11 is 0. The molecule has 0 bridgehead atoms. The van der Waals surface area contributed by atoms with Crippen molar-refractivity contribution in [2.45, 2.75) is 4.90 Å². The predicted molar refractivity (Wildman–Crippen MR) is 79.7 cm³/mol. The summed E-state index contributed by atoms with van der Waals surface area (Å²) in [5, 5.41) is 2.56. The topological polar surface area (TPSA) is 115 Å². The normalized spacial score (nSPS) is 17.0. The summed E-state index contributed by atoms with van der Waals surface area (Å²) < 4.78 is 43.4. The number of halogens is 1. The number of nitrogens with one attached hydrogen (secondary N) is 1. The summed E-state index contributed by atoms with van der Waals surface area (Å²) in [7, 11) is -3.79. The van der Waals surface area contributed by atoms with Crippen molar-refractivity contribution in [1.29, 1.82) is 0 Å². The molecule has 0 spiro atoms. The van der Waals surface area contributed by atoms with Crippen LogP contribution in [0.5, 0.6) is 5.88 Å². The Morgan fingerprint density at radius 2 is 2.30 bits per heavy atom. The Hall–Kier alpha value is -2.04. The fourth-order valence-corrected chi connectivity index (χ4v) is 3.22. The summed E-state index contributed by atoms with van der Waals surface area (Å²) in [5.74, 6) is -0.201. The molecule has 2 rings (SSSR count). The molecule has 1 aromatic heterocycles. The zero-order valence-corrected chi connectivity index (χ0v) is 13.1. The second kappa shape index (κ2) is 7.49. The van der Waals surface area contributed by atoms with E-state index in [-0.39, 0.29) is 55.0 Å². The van der Waals surface area contributed by atoms with E-state index in [0.717, 1.165) is 10.5 Å². The van der Waals surface area contributed by atoms with Crippen molar-refractivity contribution in [2.24, 2.45) is 5.73 Å². The van der Waals surface area contributed by atoms with E-state index < -0.39 is 10.0 Å². The largest absolute Gasteiger partial charge is 0.473 e. The monoisotopic (exact) mass is 344 g/mol. The van der Waals surface area contributed by atoms with Crippen LogP contribution in [0.25, 0.3) is 0 Å². The zero-order valence-electron chi connectivity index (χ0n) is 12.2. The molecular formula is C13H17FN4O4S. The summed E-state index contributed by atoms with van der Waals surface area (Å²) in [4.78, 5) is 15.2. The Balaban J connectivity index is 2.07. The van der Waals surface area contributed by atoms with Crippen molar-refractivity contribution >= 4 is 15.9 Å². The molecular weight excluding hydrogens is 327 g/mol. The number of sulfonamides is 1. The minimum Gasteiger partial charge on any atom is -0.473 e. The molecule has 0 saturated carbocycles. The van der Waals surface area contributed by atoms with Gasteiger partial charge < -0.3 is 15.8 Å². The minimum atomic E-state index is -3.79. The fraction of sp³-hybridized carbons (Fsp3) is 0.385. The van der Waals surface area contributed by atoms with Crippen molar-refractivity contribution in [3.05, 3.63) is 30.2 Å². The van der Waals surface area contributed by atoms with Gasteiger partial charge in [-0.1, -0.05) is 0 Å². The molecule has 10 heteroatoms. The van der Waals surface area contributed by atoms with Crippen molar-refractivity contribution in [2.75, 3.05) is 32.8 Å². The molecule has 0 radical (unpaired) electrons. The van der Waals surface area contributed by atoms with E-state index in [4.69, 9.17) is 10.5 Å². The molecule has 23 heavy (non-hydrogen) atoms. The van der Waals surface area contributed by atoms with E-state index >= 15 is 0 Å². The summed E-state index contributed by atoms with van der Waals surface area (Å²) in [6.07, 6.45) is 1.50. The maximum Gasteiger partial charge on any atom is 0.245 e. The second-order valence-electron chi connectivity index (χ2n) is 4.78. The molecule has 1 aromatic rings. The van der Waals surface area contributed by atoms with Gasteiger partial charge in [0, 0.05) is 31.3 Å². The highest BCUT2D eigenvalue weighted by Crippen LogP contribution is 2.18. The summed E-state index contributed by atoms with van der Waals surface area (Å²) in [6, 6.07) is 2.69. The molecule has 1 amide bonds. The minimum absolute atomic E-state index is 0.0139. The number of rotatable bonds is 6. The lowest BCUT2D eigenvalue weighted by Crippen LogP contribution is -2.49. The van der Waals surface area contributed by atoms with Crippen molar-refractivity contribution < 1.29 is 22.3 Å². The lowest BCUT2D eigenvalue weighted by Gasteiger charge is -2.25. The number of aromatic nitrogens is 1. The van der Waals surface area contributed by atoms with Crippen LogP contribution in [0.15, 0.2) is 35.1 Å². The van der Waals surface area contributed by atoms with E-state index in [1.54, 1.807) is 0 Å². The van der Waals surface area contributed by atoms with E-state index in [2.05, 4.69) is 10.3 Å². The average molecular weight is 344 g/mol. The maximum atomic E-state index is 12.4. The molecule has 0 aliphatic carbocycles. The van der Waals surface area contributed by atoms with Crippen LogP contribution in [0.1, 0.15) is 0 Å². The van der Waals surface area contributed by atoms with E-state index in [0.29, 0.717) is 6.33 Å². The molecule has 0 aromatic carbocycles. The van der Waals surface area contributed by atoms with Crippen molar-refractivity contribution in [1.82, 2.24) is 14.6 Å². The number of amides is 1. The van der Waals surface area contributed by atoms with Gasteiger partial charge in [-0.15, -0.1) is 0 Å². The lowest BCUT2D eigenvalue weighted by molar-refractivity contribution is -0.122. The summed E-state index contributed by atoms with van der Waals surface area (Å²) in [5.41, 5.74) is 5.55. The molecule has 1 aliphatic rings. The molecule has 1 fully saturated rings. The molecule has 0 unspecified atom stereocenters. The van der Waals surface area contributed by atoms with Gasteiger partial charge in [-0.2, -0.15) is 4.31 Å². The third-order valence-corrected chi connectivity index (χ3v) is 5.00. The van der Waals surface area contributed by atoms with Gasteiger partial charge in [0.05, 0.1) is 19.1 Å². The highest BCUT2D eigenvalue weighted by Gasteiger charge is 2.29. The smallest absolute Gasteiger partial charge is 0.245 e. The van der Waals surface area contributed by atoms with Gasteiger partial charge in [-0.05, 0) is 6.07 Å². The van der Waals surface area contributed by atoms with Crippen molar-refractivity contribution in [3.63, 3.8) is 0 Å². The Bertz CT molecular complexity index is 690. The van der Waals surface area contributed by atoms with E-state index in [1.807, 2.05) is 0 Å². The highest BCUT2D eigenvalue weighted by molar-refractivity contribution is 7.89. The number of nitrogens with two attached hydrogens (primary N) is 1. The first kappa shape index (κ1) is 17.3. The molecule has 126 valence electrons. The maximum absolute atomic E-state index is 12.4.